The van der Waals surface area contributed by atoms with E-state index in [0.29, 0.717) is 16.6 Å². The van der Waals surface area contributed by atoms with Crippen molar-refractivity contribution in [3.63, 3.8) is 0 Å². The molecule has 0 bridgehead atoms. The van der Waals surface area contributed by atoms with Crippen molar-refractivity contribution in [1.29, 1.82) is 0 Å². The lowest BCUT2D eigenvalue weighted by Gasteiger charge is -2.44. The summed E-state index contributed by atoms with van der Waals surface area (Å²) in [5.41, 5.74) is 7.86. The fourth-order valence-corrected chi connectivity index (χ4v) is 5.01. The van der Waals surface area contributed by atoms with Gasteiger partial charge in [0.05, 0.1) is 5.54 Å². The van der Waals surface area contributed by atoms with Crippen molar-refractivity contribution >= 4 is 28.9 Å². The smallest absolute Gasteiger partial charge is 0.154 e. The van der Waals surface area contributed by atoms with Gasteiger partial charge in [-0.05, 0) is 37.0 Å². The van der Waals surface area contributed by atoms with Crippen LogP contribution in [0.5, 0.6) is 0 Å². The summed E-state index contributed by atoms with van der Waals surface area (Å²) >= 11 is 1.60. The summed E-state index contributed by atoms with van der Waals surface area (Å²) in [5.74, 6) is 1.16. The topological polar surface area (TPSA) is 67.5 Å². The maximum absolute atomic E-state index is 14.4. The van der Waals surface area contributed by atoms with Crippen molar-refractivity contribution in [2.24, 2.45) is 16.6 Å². The van der Waals surface area contributed by atoms with Gasteiger partial charge in [0.2, 0.25) is 0 Å². The molecule has 1 heterocycles. The second-order valence-corrected chi connectivity index (χ2v) is 8.14. The highest BCUT2D eigenvalue weighted by atomic mass is 32.2. The number of benzene rings is 2. The van der Waals surface area contributed by atoms with Crippen molar-refractivity contribution in [2.75, 3.05) is 18.1 Å². The molecule has 2 aliphatic rings. The molecule has 1 fully saturated rings. The molecule has 1 aliphatic heterocycles. The molecule has 28 heavy (non-hydrogen) atoms. The van der Waals surface area contributed by atoms with E-state index in [-0.39, 0.29) is 5.82 Å². The maximum Gasteiger partial charge on any atom is 0.154 e. The van der Waals surface area contributed by atoms with Gasteiger partial charge in [0.1, 0.15) is 12.1 Å². The molecule has 3 N–H and O–H groups in total. The number of carbonyl (C=O) groups is 1. The Hall–Kier alpha value is -2.34. The number of carbonyl (C=O) groups excluding carboxylic acids is 1. The van der Waals surface area contributed by atoms with E-state index in [4.69, 9.17) is 10.7 Å². The first-order chi connectivity index (χ1) is 13.6. The van der Waals surface area contributed by atoms with Gasteiger partial charge in [-0.3, -0.25) is 9.79 Å². The molecule has 2 unspecified atom stereocenters. The van der Waals surface area contributed by atoms with Crippen LogP contribution in [0.2, 0.25) is 0 Å². The van der Waals surface area contributed by atoms with Crippen molar-refractivity contribution in [3.05, 3.63) is 65.5 Å². The predicted molar refractivity (Wildman–Crippen MR) is 115 cm³/mol. The third kappa shape index (κ3) is 4.38. The molecular formula is C22H26FN3OS. The van der Waals surface area contributed by atoms with Crippen LogP contribution in [0.4, 0.5) is 10.1 Å². The number of hydrogen-bond acceptors (Lipinski definition) is 5. The summed E-state index contributed by atoms with van der Waals surface area (Å²) in [6.45, 7) is 0. The molecular weight excluding hydrogens is 373 g/mol. The van der Waals surface area contributed by atoms with Crippen molar-refractivity contribution in [3.8, 4) is 0 Å². The van der Waals surface area contributed by atoms with Crippen LogP contribution in [0.15, 0.2) is 53.5 Å². The first-order valence-corrected chi connectivity index (χ1v) is 10.5. The number of nitrogens with two attached hydrogens (primary N) is 1. The van der Waals surface area contributed by atoms with Gasteiger partial charge in [-0.2, -0.15) is 0 Å². The Morgan fingerprint density at radius 2 is 2.04 bits per heavy atom. The number of amidine groups is 1. The number of aldehydes is 1. The highest BCUT2D eigenvalue weighted by Crippen LogP contribution is 2.50. The molecule has 1 aliphatic carbocycles. The normalized spacial score (nSPS) is 23.5. The molecule has 2 aromatic rings. The van der Waals surface area contributed by atoms with E-state index < -0.39 is 5.54 Å². The second-order valence-electron chi connectivity index (χ2n) is 7.10. The molecule has 2 aromatic carbocycles. The lowest BCUT2D eigenvalue weighted by Crippen LogP contribution is -2.43. The van der Waals surface area contributed by atoms with Gasteiger partial charge < -0.3 is 11.1 Å². The minimum absolute atomic E-state index is 0.167. The lowest BCUT2D eigenvalue weighted by atomic mass is 9.69. The van der Waals surface area contributed by atoms with Crippen molar-refractivity contribution in [1.82, 2.24) is 0 Å². The van der Waals surface area contributed by atoms with Crippen molar-refractivity contribution in [2.45, 2.75) is 31.2 Å². The number of halogens is 1. The summed E-state index contributed by atoms with van der Waals surface area (Å²) in [6, 6.07) is 14.3. The van der Waals surface area contributed by atoms with Crippen LogP contribution >= 0.6 is 11.8 Å². The zero-order valence-corrected chi connectivity index (χ0v) is 16.8. The standard InChI is InChI=1S/C15H20FN3S.C7H6O/c1-18-11-5-6-13(16)12(8-11)15-7-3-2-4-10(15)9-20-14(17)19-15;8-6-7-4-2-1-3-5-7/h5-6,8,10,18H,2-4,7,9H2,1H3,(H2,17,19);1-6H. The number of rotatable bonds is 3. The molecule has 6 heteroatoms. The van der Waals surface area contributed by atoms with Gasteiger partial charge in [0, 0.05) is 29.6 Å². The predicted octanol–water partition coefficient (Wildman–Crippen LogP) is 4.81. The Bertz CT molecular complexity index is 843. The summed E-state index contributed by atoms with van der Waals surface area (Å²) in [4.78, 5) is 14.7. The van der Waals surface area contributed by atoms with E-state index in [9.17, 15) is 9.18 Å². The van der Waals surface area contributed by atoms with E-state index in [1.165, 1.54) is 12.5 Å². The quantitative estimate of drug-likeness (QED) is 0.727. The fourth-order valence-electron chi connectivity index (χ4n) is 3.97. The summed E-state index contributed by atoms with van der Waals surface area (Å²) in [5, 5.41) is 3.68. The number of fused-ring (bicyclic) bond motifs is 1. The Balaban J connectivity index is 0.000000236. The summed E-state index contributed by atoms with van der Waals surface area (Å²) in [7, 11) is 1.85. The number of aliphatic imine (C=N–C) groups is 1. The third-order valence-corrected chi connectivity index (χ3v) is 6.39. The van der Waals surface area contributed by atoms with Crippen LogP contribution in [0, 0.1) is 11.7 Å². The molecule has 0 spiro atoms. The van der Waals surface area contributed by atoms with Crippen LogP contribution in [-0.4, -0.2) is 24.3 Å². The van der Waals surface area contributed by atoms with Gasteiger partial charge >= 0.3 is 0 Å². The first kappa shape index (κ1) is 20.4. The van der Waals surface area contributed by atoms with Crippen molar-refractivity contribution < 1.29 is 9.18 Å². The van der Waals surface area contributed by atoms with Crippen LogP contribution in [0.3, 0.4) is 0 Å². The maximum atomic E-state index is 14.4. The van der Waals surface area contributed by atoms with Gasteiger partial charge in [0.15, 0.2) is 5.17 Å². The van der Waals surface area contributed by atoms with E-state index in [1.807, 2.05) is 31.3 Å². The van der Waals surface area contributed by atoms with Crippen LogP contribution in [0.1, 0.15) is 41.6 Å². The zero-order chi connectivity index (χ0) is 20.0. The van der Waals surface area contributed by atoms with Crippen LogP contribution in [0.25, 0.3) is 0 Å². The molecule has 1 saturated carbocycles. The monoisotopic (exact) mass is 399 g/mol. The van der Waals surface area contributed by atoms with Gasteiger partial charge in [-0.15, -0.1) is 0 Å². The minimum Gasteiger partial charge on any atom is -0.388 e. The number of nitrogens with one attached hydrogen (secondary N) is 1. The lowest BCUT2D eigenvalue weighted by molar-refractivity contribution is 0.112. The third-order valence-electron chi connectivity index (χ3n) is 5.44. The fraction of sp³-hybridized carbons (Fsp3) is 0.364. The number of hydrogen-bond donors (Lipinski definition) is 2. The molecule has 148 valence electrons. The van der Waals surface area contributed by atoms with E-state index in [2.05, 4.69) is 5.32 Å². The number of nitrogens with zero attached hydrogens (tertiary/aromatic N) is 1. The van der Waals surface area contributed by atoms with Crippen LogP contribution in [-0.2, 0) is 5.54 Å². The Kier molecular flexibility index (Phi) is 6.73. The minimum atomic E-state index is -0.454. The van der Waals surface area contributed by atoms with E-state index >= 15 is 0 Å². The summed E-state index contributed by atoms with van der Waals surface area (Å²) < 4.78 is 14.4. The SMILES string of the molecule is CNc1ccc(F)c(C23CCCCC2CSC(N)=N3)c1.O=Cc1ccccc1. The molecule has 2 atom stereocenters. The second kappa shape index (κ2) is 9.24. The highest BCUT2D eigenvalue weighted by molar-refractivity contribution is 8.13. The van der Waals surface area contributed by atoms with Gasteiger partial charge in [-0.25, -0.2) is 4.39 Å². The molecule has 0 aromatic heterocycles. The number of thioether (sulfide) groups is 1. The summed E-state index contributed by atoms with van der Waals surface area (Å²) in [6.07, 6.45) is 5.12. The molecule has 0 amide bonds. The Labute approximate surface area is 169 Å². The zero-order valence-electron chi connectivity index (χ0n) is 16.0. The Morgan fingerprint density at radius 3 is 2.71 bits per heavy atom. The molecule has 4 rings (SSSR count). The molecule has 0 saturated heterocycles. The largest absolute Gasteiger partial charge is 0.388 e. The van der Waals surface area contributed by atoms with Crippen LogP contribution < -0.4 is 11.1 Å². The van der Waals surface area contributed by atoms with Gasteiger partial charge in [-0.1, -0.05) is 54.9 Å². The highest BCUT2D eigenvalue weighted by Gasteiger charge is 2.46. The van der Waals surface area contributed by atoms with E-state index in [1.54, 1.807) is 30.0 Å². The average Bonchev–Trinajstić information content (AvgIpc) is 2.75. The first-order valence-electron chi connectivity index (χ1n) is 9.55. The van der Waals surface area contributed by atoms with E-state index in [0.717, 1.165) is 42.6 Å². The Morgan fingerprint density at radius 1 is 1.25 bits per heavy atom. The molecule has 0 radical (unpaired) electrons. The number of anilines is 1. The average molecular weight is 400 g/mol. The molecule has 4 nitrogen and oxygen atoms in total. The van der Waals surface area contributed by atoms with Gasteiger partial charge in [0.25, 0.3) is 0 Å².